The fraction of sp³-hybridized carbons (Fsp3) is 0.578. The number of benzene rings is 2. The van der Waals surface area contributed by atoms with Gasteiger partial charge in [-0.1, -0.05) is 80.4 Å². The lowest BCUT2D eigenvalue weighted by Crippen LogP contribution is -2.55. The van der Waals surface area contributed by atoms with Crippen molar-refractivity contribution in [2.24, 2.45) is 0 Å². The van der Waals surface area contributed by atoms with Gasteiger partial charge in [0.15, 0.2) is 6.29 Å². The van der Waals surface area contributed by atoms with Gasteiger partial charge in [-0.15, -0.1) is 4.90 Å². The molecule has 1 aromatic heterocycles. The van der Waals surface area contributed by atoms with Gasteiger partial charge in [0, 0.05) is 12.5 Å². The Morgan fingerprint density at radius 2 is 1.37 bits per heavy atom. The molecule has 5 rings (SSSR count). The number of nitrogens with zero attached hydrogens (tertiary/aromatic N) is 3. The van der Waals surface area contributed by atoms with E-state index in [0.29, 0.717) is 29.3 Å². The SMILES string of the molecule is CC(=O)OC(C)(C)C.CCCCC1OC2COC(c3ccccc3)OC2CC1Nc1c(C)nc(N(C(=O)OC(C)(C)C)C(=O)OC(C)(C)C)nc1OCc1ccccc1. The van der Waals surface area contributed by atoms with Crippen LogP contribution in [0.5, 0.6) is 5.88 Å². The van der Waals surface area contributed by atoms with E-state index in [1.165, 1.54) is 6.92 Å². The number of aryl methyl sites for hydroxylation is 1. The minimum absolute atomic E-state index is 0.157. The number of hydrogen-bond donors (Lipinski definition) is 1. The van der Waals surface area contributed by atoms with E-state index >= 15 is 0 Å². The number of ether oxygens (including phenoxy) is 7. The molecule has 2 aromatic carbocycles. The van der Waals surface area contributed by atoms with E-state index in [2.05, 4.69) is 22.2 Å². The molecular weight excluding hydrogens is 757 g/mol. The summed E-state index contributed by atoms with van der Waals surface area (Å²) in [7, 11) is 0. The second-order valence-corrected chi connectivity index (χ2v) is 17.7. The summed E-state index contributed by atoms with van der Waals surface area (Å²) in [6.07, 6.45) is 0.396. The van der Waals surface area contributed by atoms with Crippen molar-refractivity contribution in [3.8, 4) is 5.88 Å². The Morgan fingerprint density at radius 3 is 1.90 bits per heavy atom. The van der Waals surface area contributed by atoms with Crippen LogP contribution >= 0.6 is 0 Å². The number of carbonyl (C=O) groups excluding carboxylic acids is 3. The monoisotopic (exact) mass is 820 g/mol. The number of hydrogen-bond acceptors (Lipinski definition) is 13. The molecule has 2 saturated heterocycles. The minimum Gasteiger partial charge on any atom is -0.471 e. The second-order valence-electron chi connectivity index (χ2n) is 17.7. The molecule has 5 unspecified atom stereocenters. The quantitative estimate of drug-likeness (QED) is 0.152. The zero-order valence-corrected chi connectivity index (χ0v) is 36.8. The fourth-order valence-corrected chi connectivity index (χ4v) is 6.34. The van der Waals surface area contributed by atoms with E-state index in [0.717, 1.165) is 30.4 Å². The normalized spacial score (nSPS) is 20.5. The van der Waals surface area contributed by atoms with E-state index in [-0.39, 0.29) is 54.4 Å². The van der Waals surface area contributed by atoms with Gasteiger partial charge in [-0.05, 0) is 87.6 Å². The Bertz CT molecular complexity index is 1790. The van der Waals surface area contributed by atoms with Crippen molar-refractivity contribution in [1.82, 2.24) is 9.97 Å². The number of unbranched alkanes of at least 4 members (excludes halogenated alkanes) is 1. The Balaban J connectivity index is 0.000000870. The molecule has 324 valence electrons. The van der Waals surface area contributed by atoms with Gasteiger partial charge < -0.3 is 38.5 Å². The number of imide groups is 1. The zero-order chi connectivity index (χ0) is 43.5. The lowest BCUT2D eigenvalue weighted by Gasteiger charge is -2.46. The molecule has 0 aliphatic carbocycles. The first-order valence-corrected chi connectivity index (χ1v) is 20.4. The van der Waals surface area contributed by atoms with Gasteiger partial charge in [0.05, 0.1) is 30.6 Å². The summed E-state index contributed by atoms with van der Waals surface area (Å²) in [6, 6.07) is 19.3. The minimum atomic E-state index is -0.971. The molecule has 2 aliphatic rings. The van der Waals surface area contributed by atoms with Crippen molar-refractivity contribution in [2.45, 2.75) is 163 Å². The Morgan fingerprint density at radius 1 is 0.797 bits per heavy atom. The molecule has 1 N–H and O–H groups in total. The predicted octanol–water partition coefficient (Wildman–Crippen LogP) is 9.63. The highest BCUT2D eigenvalue weighted by atomic mass is 16.7. The average molecular weight is 821 g/mol. The molecule has 14 heteroatoms. The summed E-state index contributed by atoms with van der Waals surface area (Å²) in [4.78, 5) is 47.3. The molecule has 5 atom stereocenters. The molecule has 14 nitrogen and oxygen atoms in total. The molecule has 2 amide bonds. The van der Waals surface area contributed by atoms with Crippen LogP contribution in [0, 0.1) is 6.92 Å². The van der Waals surface area contributed by atoms with Gasteiger partial charge in [-0.2, -0.15) is 4.98 Å². The highest BCUT2D eigenvalue weighted by Crippen LogP contribution is 2.38. The smallest absolute Gasteiger partial charge is 0.427 e. The number of carbonyl (C=O) groups is 3. The number of aromatic nitrogens is 2. The highest BCUT2D eigenvalue weighted by Gasteiger charge is 2.44. The van der Waals surface area contributed by atoms with Gasteiger partial charge in [0.2, 0.25) is 11.8 Å². The molecule has 0 saturated carbocycles. The van der Waals surface area contributed by atoms with Crippen LogP contribution in [0.1, 0.15) is 125 Å². The van der Waals surface area contributed by atoms with Crippen molar-refractivity contribution in [1.29, 1.82) is 0 Å². The van der Waals surface area contributed by atoms with Crippen LogP contribution in [-0.2, 0) is 39.8 Å². The molecule has 0 radical (unpaired) electrons. The van der Waals surface area contributed by atoms with Gasteiger partial charge >= 0.3 is 18.2 Å². The van der Waals surface area contributed by atoms with Gasteiger partial charge in [-0.3, -0.25) is 4.79 Å². The summed E-state index contributed by atoms with van der Waals surface area (Å²) in [6.45, 7) is 21.7. The lowest BCUT2D eigenvalue weighted by atomic mass is 9.92. The van der Waals surface area contributed by atoms with Gasteiger partial charge in [0.25, 0.3) is 0 Å². The van der Waals surface area contributed by atoms with Gasteiger partial charge in [0.1, 0.15) is 35.2 Å². The number of anilines is 2. The third kappa shape index (κ3) is 15.1. The van der Waals surface area contributed by atoms with Crippen LogP contribution in [0.2, 0.25) is 0 Å². The molecule has 3 aromatic rings. The largest absolute Gasteiger partial charge is 0.471 e. The van der Waals surface area contributed by atoms with Crippen molar-refractivity contribution in [3.05, 3.63) is 77.5 Å². The van der Waals surface area contributed by atoms with Crippen LogP contribution in [0.25, 0.3) is 0 Å². The van der Waals surface area contributed by atoms with Crippen LogP contribution in [-0.4, -0.2) is 75.9 Å². The van der Waals surface area contributed by atoms with Crippen LogP contribution in [0.3, 0.4) is 0 Å². The Hall–Kier alpha value is -4.79. The number of esters is 1. The zero-order valence-electron chi connectivity index (χ0n) is 36.8. The fourth-order valence-electron chi connectivity index (χ4n) is 6.34. The first kappa shape index (κ1) is 46.9. The van der Waals surface area contributed by atoms with Crippen molar-refractivity contribution in [3.63, 3.8) is 0 Å². The topological polar surface area (TPSA) is 157 Å². The highest BCUT2D eigenvalue weighted by molar-refractivity contribution is 6.08. The van der Waals surface area contributed by atoms with E-state index in [1.54, 1.807) is 48.5 Å². The molecule has 59 heavy (non-hydrogen) atoms. The molecule has 0 bridgehead atoms. The summed E-state index contributed by atoms with van der Waals surface area (Å²) in [5.41, 5.74) is 0.687. The summed E-state index contributed by atoms with van der Waals surface area (Å²) < 4.78 is 41.6. The summed E-state index contributed by atoms with van der Waals surface area (Å²) in [5, 5.41) is 3.66. The maximum atomic E-state index is 13.5. The predicted molar refractivity (Wildman–Crippen MR) is 224 cm³/mol. The van der Waals surface area contributed by atoms with Crippen LogP contribution < -0.4 is 15.0 Å². The Labute approximate surface area is 349 Å². The average Bonchev–Trinajstić information content (AvgIpc) is 3.12. The van der Waals surface area contributed by atoms with Crippen LogP contribution in [0.15, 0.2) is 60.7 Å². The summed E-state index contributed by atoms with van der Waals surface area (Å²) >= 11 is 0. The van der Waals surface area contributed by atoms with E-state index < -0.39 is 29.7 Å². The molecular formula is C45H64N4O10. The van der Waals surface area contributed by atoms with Crippen LogP contribution in [0.4, 0.5) is 21.2 Å². The Kier molecular flexibility index (Phi) is 16.3. The third-order valence-electron chi connectivity index (χ3n) is 8.72. The summed E-state index contributed by atoms with van der Waals surface area (Å²) in [5.74, 6) is -0.298. The first-order chi connectivity index (χ1) is 27.6. The van der Waals surface area contributed by atoms with Gasteiger partial charge in [-0.25, -0.2) is 14.6 Å². The molecule has 0 spiro atoms. The van der Waals surface area contributed by atoms with Crippen molar-refractivity contribution < 1.29 is 47.5 Å². The number of fused-ring (bicyclic) bond motifs is 1. The molecule has 2 aliphatic heterocycles. The van der Waals surface area contributed by atoms with Crippen molar-refractivity contribution in [2.75, 3.05) is 16.8 Å². The molecule has 3 heterocycles. The van der Waals surface area contributed by atoms with E-state index in [1.807, 2.05) is 81.4 Å². The maximum absolute atomic E-state index is 13.5. The number of amides is 2. The molecule has 2 fully saturated rings. The van der Waals surface area contributed by atoms with E-state index in [9.17, 15) is 14.4 Å². The van der Waals surface area contributed by atoms with Crippen molar-refractivity contribution >= 4 is 29.8 Å². The van der Waals surface area contributed by atoms with E-state index in [4.69, 9.17) is 33.2 Å². The number of nitrogens with one attached hydrogen (secondary N) is 1. The maximum Gasteiger partial charge on any atom is 0.427 e. The standard InChI is InChI=1S/C39H52N4O8.C6H12O2/c1-9-10-21-29-28(22-30-31(48-29)24-47-34(49-30)27-19-15-12-16-20-27)41-32-25(2)40-35(42-33(32)46-23-26-17-13-11-14-18-26)43(36(44)50-38(3,4)5)37(45)51-39(6,7)8;1-5(7)8-6(2,3)4/h11-20,28-31,34,41H,9-10,21-24H2,1-8H3;1-4H3. The lowest BCUT2D eigenvalue weighted by molar-refractivity contribution is -0.290. The number of rotatable bonds is 10. The second kappa shape index (κ2) is 20.5. The first-order valence-electron chi connectivity index (χ1n) is 20.4. The third-order valence-corrected chi connectivity index (χ3v) is 8.72.